The van der Waals surface area contributed by atoms with E-state index in [0.29, 0.717) is 0 Å². The summed E-state index contributed by atoms with van der Waals surface area (Å²) in [6.45, 7) is 0.763. The normalized spacial score (nSPS) is 16.2. The van der Waals surface area contributed by atoms with Crippen molar-refractivity contribution in [3.05, 3.63) is 215 Å². The van der Waals surface area contributed by atoms with Crippen LogP contribution in [0.5, 0.6) is 0 Å². The third-order valence-corrected chi connectivity index (χ3v) is 11.5. The lowest BCUT2D eigenvalue weighted by Crippen LogP contribution is -2.34. The van der Waals surface area contributed by atoms with Gasteiger partial charge in [0, 0.05) is 12.2 Å². The van der Waals surface area contributed by atoms with Gasteiger partial charge in [0.25, 0.3) is 0 Å². The molecule has 0 saturated heterocycles. The molecule has 11 rings (SSSR count). The molecule has 2 aliphatic heterocycles. The zero-order chi connectivity index (χ0) is 34.9. The number of para-hydroxylation sites is 1. The first kappa shape index (κ1) is 30.1. The molecule has 1 unspecified atom stereocenters. The molecule has 252 valence electrons. The van der Waals surface area contributed by atoms with Gasteiger partial charge in [-0.3, -0.25) is 0 Å². The monoisotopic (exact) mass is 679 g/mol. The fraction of sp³-hybridized carbons (Fsp3) is 0.0800. The van der Waals surface area contributed by atoms with E-state index in [1.165, 1.54) is 83.5 Å². The average Bonchev–Trinajstić information content (AvgIpc) is 3.92. The molecular formula is C50H37N3. The summed E-state index contributed by atoms with van der Waals surface area (Å²) in [5.41, 5.74) is 21.9. The lowest BCUT2D eigenvalue weighted by atomic mass is 9.91. The topological polar surface area (TPSA) is 27.3 Å². The van der Waals surface area contributed by atoms with E-state index in [4.69, 9.17) is 0 Å². The highest BCUT2D eigenvalue weighted by Gasteiger charge is 2.35. The molecule has 2 aliphatic carbocycles. The summed E-state index contributed by atoms with van der Waals surface area (Å²) in [7, 11) is 0. The number of hydrogen-bond donors (Lipinski definition) is 2. The fourth-order valence-corrected chi connectivity index (χ4v) is 8.92. The molecule has 0 amide bonds. The van der Waals surface area contributed by atoms with Gasteiger partial charge in [0.15, 0.2) is 0 Å². The van der Waals surface area contributed by atoms with Gasteiger partial charge in [-0.2, -0.15) is 0 Å². The molecule has 0 bridgehead atoms. The van der Waals surface area contributed by atoms with Crippen molar-refractivity contribution in [1.82, 2.24) is 10.6 Å². The van der Waals surface area contributed by atoms with Crippen molar-refractivity contribution in [2.24, 2.45) is 0 Å². The maximum atomic E-state index is 3.99. The predicted molar refractivity (Wildman–Crippen MR) is 218 cm³/mol. The van der Waals surface area contributed by atoms with Crippen LogP contribution >= 0.6 is 0 Å². The van der Waals surface area contributed by atoms with Crippen LogP contribution in [0.3, 0.4) is 0 Å². The van der Waals surface area contributed by atoms with E-state index in [-0.39, 0.29) is 6.17 Å². The van der Waals surface area contributed by atoms with Crippen molar-refractivity contribution in [1.29, 1.82) is 0 Å². The molecule has 0 saturated carbocycles. The molecule has 4 aliphatic rings. The first-order chi connectivity index (χ1) is 26.2. The third kappa shape index (κ3) is 5.03. The summed E-state index contributed by atoms with van der Waals surface area (Å²) in [6.07, 6.45) is 4.20. The Bertz CT molecular complexity index is 2540. The summed E-state index contributed by atoms with van der Waals surface area (Å²) in [5, 5.41) is 7.81. The largest absolute Gasteiger partial charge is 0.366 e. The predicted octanol–water partition coefficient (Wildman–Crippen LogP) is 11.1. The number of dihydropyridines is 1. The van der Waals surface area contributed by atoms with Crippen LogP contribution in [0.25, 0.3) is 50.1 Å². The Balaban J connectivity index is 1.07. The van der Waals surface area contributed by atoms with E-state index in [0.717, 1.165) is 36.6 Å². The molecule has 0 fully saturated rings. The van der Waals surface area contributed by atoms with Crippen molar-refractivity contribution in [2.45, 2.75) is 19.0 Å². The molecule has 0 spiro atoms. The van der Waals surface area contributed by atoms with Crippen molar-refractivity contribution in [2.75, 3.05) is 11.4 Å². The SMILES string of the molecule is C1=C(c2ccccc2)CNC2=C1NC(c1cc(-c3ccc4c(c3)-c3ccccc3C4)cc(-c3ccc4c(c3)-c3ccccc3C4)c1)N2c1ccccc1. The van der Waals surface area contributed by atoms with Crippen LogP contribution in [0, 0.1) is 0 Å². The molecule has 7 aromatic carbocycles. The summed E-state index contributed by atoms with van der Waals surface area (Å²) < 4.78 is 0. The molecule has 3 heteroatoms. The molecule has 3 nitrogen and oxygen atoms in total. The number of rotatable bonds is 5. The minimum absolute atomic E-state index is 0.120. The number of nitrogens with one attached hydrogen (secondary N) is 2. The zero-order valence-electron chi connectivity index (χ0n) is 29.3. The van der Waals surface area contributed by atoms with E-state index in [1.807, 2.05) is 0 Å². The molecule has 2 heterocycles. The van der Waals surface area contributed by atoms with Gasteiger partial charge in [-0.15, -0.1) is 0 Å². The average molecular weight is 680 g/mol. The van der Waals surface area contributed by atoms with E-state index in [2.05, 4.69) is 185 Å². The fourth-order valence-electron chi connectivity index (χ4n) is 8.92. The van der Waals surface area contributed by atoms with Gasteiger partial charge in [-0.25, -0.2) is 0 Å². The minimum Gasteiger partial charge on any atom is -0.366 e. The highest BCUT2D eigenvalue weighted by atomic mass is 15.4. The molecule has 2 N–H and O–H groups in total. The number of benzene rings is 7. The molecule has 1 atom stereocenters. The summed E-state index contributed by atoms with van der Waals surface area (Å²) in [6, 6.07) is 60.6. The molecule has 0 aromatic heterocycles. The van der Waals surface area contributed by atoms with Crippen molar-refractivity contribution in [3.8, 4) is 44.5 Å². The van der Waals surface area contributed by atoms with Gasteiger partial charge in [0.2, 0.25) is 0 Å². The molecule has 53 heavy (non-hydrogen) atoms. The Labute approximate surface area is 310 Å². The zero-order valence-corrected chi connectivity index (χ0v) is 29.3. The Morgan fingerprint density at radius 1 is 0.453 bits per heavy atom. The first-order valence-electron chi connectivity index (χ1n) is 18.7. The Morgan fingerprint density at radius 2 is 1.00 bits per heavy atom. The number of hydrogen-bond acceptors (Lipinski definition) is 3. The van der Waals surface area contributed by atoms with Crippen molar-refractivity contribution in [3.63, 3.8) is 0 Å². The van der Waals surface area contributed by atoms with E-state index in [1.54, 1.807) is 0 Å². The second-order valence-corrected chi connectivity index (χ2v) is 14.7. The standard InChI is InChI=1S/C50H37N3/c1-3-11-32(12-4-1)42-30-48-50(51-31-42)53(43-15-5-2-6-16-43)49(52-48)41-26-39(33-19-21-37-23-35-13-7-9-17-44(35)46(37)28-33)25-40(27-41)34-20-22-38-24-36-14-8-10-18-45(36)47(38)29-34/h1-22,25-30,49,51-52H,23-24,31H2. The number of nitrogens with zero attached hydrogens (tertiary/aromatic N) is 1. The minimum atomic E-state index is -0.120. The van der Waals surface area contributed by atoms with Crippen molar-refractivity contribution < 1.29 is 0 Å². The maximum Gasteiger partial charge on any atom is 0.132 e. The van der Waals surface area contributed by atoms with Crippen LogP contribution in [-0.4, -0.2) is 6.54 Å². The van der Waals surface area contributed by atoms with Crippen LogP contribution in [0.15, 0.2) is 181 Å². The Hall–Kier alpha value is -6.58. The number of fused-ring (bicyclic) bond motifs is 6. The van der Waals surface area contributed by atoms with Crippen LogP contribution in [0.2, 0.25) is 0 Å². The lowest BCUT2D eigenvalue weighted by Gasteiger charge is -2.31. The third-order valence-electron chi connectivity index (χ3n) is 11.5. The second kappa shape index (κ2) is 12.0. The Kier molecular flexibility index (Phi) is 6.81. The van der Waals surface area contributed by atoms with Gasteiger partial charge in [-0.05, 0) is 145 Å². The second-order valence-electron chi connectivity index (χ2n) is 14.7. The lowest BCUT2D eigenvalue weighted by molar-refractivity contribution is 0.642. The van der Waals surface area contributed by atoms with Crippen LogP contribution < -0.4 is 15.5 Å². The van der Waals surface area contributed by atoms with Gasteiger partial charge < -0.3 is 15.5 Å². The van der Waals surface area contributed by atoms with Gasteiger partial charge >= 0.3 is 0 Å². The van der Waals surface area contributed by atoms with Gasteiger partial charge in [0.1, 0.15) is 12.0 Å². The van der Waals surface area contributed by atoms with Gasteiger partial charge in [-0.1, -0.05) is 121 Å². The quantitative estimate of drug-likeness (QED) is 0.190. The maximum absolute atomic E-state index is 3.99. The summed E-state index contributed by atoms with van der Waals surface area (Å²) in [5.74, 6) is 1.11. The highest BCUT2D eigenvalue weighted by Crippen LogP contribution is 2.44. The highest BCUT2D eigenvalue weighted by molar-refractivity contribution is 5.86. The summed E-state index contributed by atoms with van der Waals surface area (Å²) in [4.78, 5) is 2.44. The van der Waals surface area contributed by atoms with Crippen LogP contribution in [-0.2, 0) is 12.8 Å². The van der Waals surface area contributed by atoms with Crippen LogP contribution in [0.1, 0.15) is 39.5 Å². The molecule has 7 aromatic rings. The van der Waals surface area contributed by atoms with Crippen molar-refractivity contribution >= 4 is 11.3 Å². The van der Waals surface area contributed by atoms with E-state index in [9.17, 15) is 0 Å². The molecular weight excluding hydrogens is 643 g/mol. The summed E-state index contributed by atoms with van der Waals surface area (Å²) >= 11 is 0. The first-order valence-corrected chi connectivity index (χ1v) is 18.7. The van der Waals surface area contributed by atoms with E-state index < -0.39 is 0 Å². The van der Waals surface area contributed by atoms with E-state index >= 15 is 0 Å². The van der Waals surface area contributed by atoms with Gasteiger partial charge in [0.05, 0.1) is 5.70 Å². The smallest absolute Gasteiger partial charge is 0.132 e. The molecule has 0 radical (unpaired) electrons. The van der Waals surface area contributed by atoms with Crippen LogP contribution in [0.4, 0.5) is 5.69 Å². The number of allylic oxidation sites excluding steroid dienone is 1. The Morgan fingerprint density at radius 3 is 1.62 bits per heavy atom. The number of anilines is 1.